The van der Waals surface area contributed by atoms with Crippen molar-refractivity contribution in [2.45, 2.75) is 18.4 Å². The Balaban J connectivity index is 0.00000225. The van der Waals surface area contributed by atoms with E-state index in [9.17, 15) is 13.6 Å². The topological polar surface area (TPSA) is 55.6 Å². The highest BCUT2D eigenvalue weighted by Crippen LogP contribution is 2.35. The number of benzene rings is 2. The standard InChI is InChI=1S/C18H18F2N2O2.ClH/c19-18(20)11-22(15-8-4-5-9-16(15)24-12-18)17(23)10-14(21)13-6-2-1-3-7-13;/h1-9,14H,10-12,21H2;1H/t14-;/m0./s1. The molecule has 0 unspecified atom stereocenters. The molecule has 2 aromatic carbocycles. The highest BCUT2D eigenvalue weighted by atomic mass is 35.5. The van der Waals surface area contributed by atoms with Crippen LogP contribution in [0.25, 0.3) is 0 Å². The van der Waals surface area contributed by atoms with Crippen molar-refractivity contribution < 1.29 is 18.3 Å². The molecule has 2 aromatic rings. The second-order valence-electron chi connectivity index (χ2n) is 5.81. The number of carbonyl (C=O) groups excluding carboxylic acids is 1. The Kier molecular flexibility index (Phi) is 5.98. The van der Waals surface area contributed by atoms with Crippen molar-refractivity contribution in [2.75, 3.05) is 18.1 Å². The first-order valence-corrected chi connectivity index (χ1v) is 7.67. The molecule has 0 bridgehead atoms. The minimum atomic E-state index is -3.12. The molecule has 0 spiro atoms. The van der Waals surface area contributed by atoms with Gasteiger partial charge in [-0.2, -0.15) is 0 Å². The molecule has 1 aliphatic heterocycles. The van der Waals surface area contributed by atoms with Crippen LogP contribution in [0.5, 0.6) is 5.75 Å². The zero-order valence-electron chi connectivity index (χ0n) is 13.4. The number of ether oxygens (including phenoxy) is 1. The van der Waals surface area contributed by atoms with Crippen molar-refractivity contribution in [1.29, 1.82) is 0 Å². The first-order chi connectivity index (χ1) is 11.5. The van der Waals surface area contributed by atoms with Gasteiger partial charge in [-0.15, -0.1) is 12.4 Å². The van der Waals surface area contributed by atoms with Crippen LogP contribution in [0.1, 0.15) is 18.0 Å². The Morgan fingerprint density at radius 3 is 2.52 bits per heavy atom. The van der Waals surface area contributed by atoms with Gasteiger partial charge in [-0.3, -0.25) is 4.79 Å². The molecule has 1 atom stereocenters. The molecule has 0 fully saturated rings. The summed E-state index contributed by atoms with van der Waals surface area (Å²) < 4.78 is 33.1. The number of amides is 1. The van der Waals surface area contributed by atoms with E-state index in [0.29, 0.717) is 5.69 Å². The smallest absolute Gasteiger partial charge is 0.298 e. The van der Waals surface area contributed by atoms with Gasteiger partial charge in [0.05, 0.1) is 12.2 Å². The van der Waals surface area contributed by atoms with Crippen LogP contribution in [0.3, 0.4) is 0 Å². The molecule has 0 radical (unpaired) electrons. The minimum absolute atomic E-state index is 0. The van der Waals surface area contributed by atoms with Gasteiger partial charge in [0.15, 0.2) is 6.61 Å². The van der Waals surface area contributed by atoms with Crippen LogP contribution in [0.4, 0.5) is 14.5 Å². The Hall–Kier alpha value is -2.18. The molecular weight excluding hydrogens is 350 g/mol. The number of carbonyl (C=O) groups is 1. The summed E-state index contributed by atoms with van der Waals surface area (Å²) in [4.78, 5) is 13.7. The monoisotopic (exact) mass is 368 g/mol. The van der Waals surface area contributed by atoms with Crippen molar-refractivity contribution >= 4 is 24.0 Å². The lowest BCUT2D eigenvalue weighted by Crippen LogP contribution is -2.42. The Morgan fingerprint density at radius 2 is 1.80 bits per heavy atom. The summed E-state index contributed by atoms with van der Waals surface area (Å²) in [5.74, 6) is -3.30. The molecule has 0 aromatic heterocycles. The molecule has 134 valence electrons. The molecule has 4 nitrogen and oxygen atoms in total. The fourth-order valence-corrected chi connectivity index (χ4v) is 2.69. The van der Waals surface area contributed by atoms with Crippen molar-refractivity contribution in [3.8, 4) is 5.75 Å². The number of para-hydroxylation sites is 2. The number of nitrogens with zero attached hydrogens (tertiary/aromatic N) is 1. The predicted molar refractivity (Wildman–Crippen MR) is 94.5 cm³/mol. The van der Waals surface area contributed by atoms with Crippen LogP contribution < -0.4 is 15.4 Å². The molecule has 1 amide bonds. The number of hydrogen-bond acceptors (Lipinski definition) is 3. The molecular formula is C18H19ClF2N2O2. The van der Waals surface area contributed by atoms with Gasteiger partial charge >= 0.3 is 0 Å². The number of halogens is 3. The summed E-state index contributed by atoms with van der Waals surface area (Å²) in [5, 5.41) is 0. The van der Waals surface area contributed by atoms with E-state index >= 15 is 0 Å². The molecule has 2 N–H and O–H groups in total. The maximum Gasteiger partial charge on any atom is 0.298 e. The molecule has 0 saturated carbocycles. The second kappa shape index (κ2) is 7.80. The summed E-state index contributed by atoms with van der Waals surface area (Å²) in [6.45, 7) is -1.47. The average Bonchev–Trinajstić information content (AvgIpc) is 2.72. The van der Waals surface area contributed by atoms with Gasteiger partial charge in [0.25, 0.3) is 5.92 Å². The quantitative estimate of drug-likeness (QED) is 0.901. The van der Waals surface area contributed by atoms with Gasteiger partial charge in [0.2, 0.25) is 5.91 Å². The molecule has 1 aliphatic rings. The number of anilines is 1. The number of hydrogen-bond donors (Lipinski definition) is 1. The number of nitrogens with two attached hydrogens (primary N) is 1. The Bertz CT molecular complexity index is 728. The molecule has 25 heavy (non-hydrogen) atoms. The van der Waals surface area contributed by atoms with Crippen LogP contribution in [0, 0.1) is 0 Å². The number of rotatable bonds is 3. The lowest BCUT2D eigenvalue weighted by atomic mass is 10.0. The van der Waals surface area contributed by atoms with Gasteiger partial charge in [0, 0.05) is 12.5 Å². The Morgan fingerprint density at radius 1 is 1.16 bits per heavy atom. The summed E-state index contributed by atoms with van der Waals surface area (Å²) in [7, 11) is 0. The zero-order valence-corrected chi connectivity index (χ0v) is 14.2. The van der Waals surface area contributed by atoms with E-state index in [-0.39, 0.29) is 24.6 Å². The van der Waals surface area contributed by atoms with E-state index in [0.717, 1.165) is 10.5 Å². The molecule has 3 rings (SSSR count). The van der Waals surface area contributed by atoms with Crippen LogP contribution in [0.15, 0.2) is 54.6 Å². The highest BCUT2D eigenvalue weighted by Gasteiger charge is 2.39. The lowest BCUT2D eigenvalue weighted by molar-refractivity contribution is -0.120. The molecule has 0 aliphatic carbocycles. The summed E-state index contributed by atoms with van der Waals surface area (Å²) in [5.41, 5.74) is 7.20. The van der Waals surface area contributed by atoms with E-state index < -0.39 is 31.0 Å². The normalized spacial score (nSPS) is 16.7. The van der Waals surface area contributed by atoms with Crippen molar-refractivity contribution in [2.24, 2.45) is 5.73 Å². The molecule has 7 heteroatoms. The third kappa shape index (κ3) is 4.46. The fraction of sp³-hybridized carbons (Fsp3) is 0.278. The summed E-state index contributed by atoms with van der Waals surface area (Å²) in [6.07, 6.45) is -0.0611. The van der Waals surface area contributed by atoms with Crippen LogP contribution in [0.2, 0.25) is 0 Å². The molecule has 0 saturated heterocycles. The van der Waals surface area contributed by atoms with Gasteiger partial charge in [-0.05, 0) is 17.7 Å². The molecule has 1 heterocycles. The van der Waals surface area contributed by atoms with E-state index in [1.807, 2.05) is 30.3 Å². The predicted octanol–water partition coefficient (Wildman–Crippen LogP) is 3.56. The number of alkyl halides is 2. The first kappa shape index (κ1) is 19.1. The van der Waals surface area contributed by atoms with Crippen LogP contribution >= 0.6 is 12.4 Å². The number of fused-ring (bicyclic) bond motifs is 1. The van der Waals surface area contributed by atoms with Crippen molar-refractivity contribution in [1.82, 2.24) is 0 Å². The first-order valence-electron chi connectivity index (χ1n) is 7.67. The lowest BCUT2D eigenvalue weighted by Gasteiger charge is -2.25. The van der Waals surface area contributed by atoms with Crippen molar-refractivity contribution in [3.63, 3.8) is 0 Å². The van der Waals surface area contributed by atoms with E-state index in [1.165, 1.54) is 0 Å². The van der Waals surface area contributed by atoms with Gasteiger partial charge in [-0.25, -0.2) is 8.78 Å². The van der Waals surface area contributed by atoms with E-state index in [4.69, 9.17) is 10.5 Å². The van der Waals surface area contributed by atoms with Crippen molar-refractivity contribution in [3.05, 3.63) is 60.2 Å². The minimum Gasteiger partial charge on any atom is -0.485 e. The zero-order chi connectivity index (χ0) is 17.2. The van der Waals surface area contributed by atoms with E-state index in [2.05, 4.69) is 0 Å². The third-order valence-electron chi connectivity index (χ3n) is 3.91. The SMILES string of the molecule is Cl.N[C@@H](CC(=O)N1CC(F)(F)COc2ccccc21)c1ccccc1. The average molecular weight is 369 g/mol. The van der Waals surface area contributed by atoms with Gasteiger partial charge in [-0.1, -0.05) is 42.5 Å². The highest BCUT2D eigenvalue weighted by molar-refractivity contribution is 5.95. The van der Waals surface area contributed by atoms with Crippen LogP contribution in [-0.4, -0.2) is 25.0 Å². The van der Waals surface area contributed by atoms with E-state index in [1.54, 1.807) is 24.3 Å². The van der Waals surface area contributed by atoms with Crippen LogP contribution in [-0.2, 0) is 4.79 Å². The second-order valence-corrected chi connectivity index (χ2v) is 5.81. The largest absolute Gasteiger partial charge is 0.485 e. The maximum atomic E-state index is 14.0. The summed E-state index contributed by atoms with van der Waals surface area (Å²) >= 11 is 0. The van der Waals surface area contributed by atoms with Gasteiger partial charge < -0.3 is 15.4 Å². The summed E-state index contributed by atoms with van der Waals surface area (Å²) in [6, 6.07) is 15.1. The third-order valence-corrected chi connectivity index (χ3v) is 3.91. The maximum absolute atomic E-state index is 14.0. The Labute approximate surface area is 151 Å². The van der Waals surface area contributed by atoms with Gasteiger partial charge in [0.1, 0.15) is 5.75 Å². The fourth-order valence-electron chi connectivity index (χ4n) is 2.69.